The van der Waals surface area contributed by atoms with Gasteiger partial charge in [0.25, 0.3) is 0 Å². The van der Waals surface area contributed by atoms with E-state index in [1.165, 1.54) is 11.3 Å². The summed E-state index contributed by atoms with van der Waals surface area (Å²) in [6.07, 6.45) is 2.58. The van der Waals surface area contributed by atoms with Gasteiger partial charge >= 0.3 is 6.03 Å². The number of anilines is 1. The normalized spacial score (nSPS) is 9.69. The van der Waals surface area contributed by atoms with E-state index in [1.807, 2.05) is 6.92 Å². The van der Waals surface area contributed by atoms with Crippen molar-refractivity contribution < 1.29 is 4.79 Å². The molecule has 0 spiro atoms. The Morgan fingerprint density at radius 2 is 2.54 bits per heavy atom. The fourth-order valence-electron chi connectivity index (χ4n) is 0.692. The molecular formula is C7H10BrN3OS. The highest BCUT2D eigenvalue weighted by Gasteiger charge is 2.03. The second kappa shape index (κ2) is 5.18. The maximum Gasteiger partial charge on any atom is 0.321 e. The molecule has 0 bridgehead atoms. The molecule has 0 aliphatic heterocycles. The Kier molecular flexibility index (Phi) is 4.17. The number of carbonyl (C=O) groups excluding carboxylic acids is 1. The Morgan fingerprint density at radius 3 is 3.08 bits per heavy atom. The van der Waals surface area contributed by atoms with Gasteiger partial charge in [-0.1, -0.05) is 18.3 Å². The monoisotopic (exact) mass is 263 g/mol. The average Bonchev–Trinajstić information content (AvgIpc) is 2.48. The van der Waals surface area contributed by atoms with Gasteiger partial charge in [-0.3, -0.25) is 5.32 Å². The van der Waals surface area contributed by atoms with Gasteiger partial charge in [0, 0.05) is 6.54 Å². The standard InChI is InChI=1S/C7H10BrN3OS/c1-2-3-9-6(12)11-7-10-4-5(8)13-7/h4H,2-3H2,1H3,(H2,9,10,11,12). The van der Waals surface area contributed by atoms with E-state index in [1.54, 1.807) is 6.20 Å². The number of rotatable bonds is 3. The van der Waals surface area contributed by atoms with Crippen LogP contribution in [0.25, 0.3) is 0 Å². The number of urea groups is 1. The molecule has 2 N–H and O–H groups in total. The Labute approximate surface area is 88.9 Å². The smallest absolute Gasteiger partial charge is 0.321 e. The fourth-order valence-corrected chi connectivity index (χ4v) is 1.79. The summed E-state index contributed by atoms with van der Waals surface area (Å²) >= 11 is 4.64. The van der Waals surface area contributed by atoms with Crippen molar-refractivity contribution in [3.8, 4) is 0 Å². The van der Waals surface area contributed by atoms with Crippen LogP contribution in [0.15, 0.2) is 9.98 Å². The SMILES string of the molecule is CCCNC(=O)Nc1ncc(Br)s1. The molecular weight excluding hydrogens is 254 g/mol. The Balaban J connectivity index is 2.36. The van der Waals surface area contributed by atoms with Crippen LogP contribution in [-0.2, 0) is 0 Å². The Hall–Kier alpha value is -0.620. The predicted molar refractivity (Wildman–Crippen MR) is 57.1 cm³/mol. The van der Waals surface area contributed by atoms with E-state index in [-0.39, 0.29) is 6.03 Å². The van der Waals surface area contributed by atoms with Crippen molar-refractivity contribution in [2.24, 2.45) is 0 Å². The Morgan fingerprint density at radius 1 is 1.77 bits per heavy atom. The first-order valence-electron chi connectivity index (χ1n) is 3.88. The molecule has 1 heterocycles. The van der Waals surface area contributed by atoms with Crippen LogP contribution in [0.4, 0.5) is 9.93 Å². The number of aromatic nitrogens is 1. The molecule has 6 heteroatoms. The molecule has 1 rings (SSSR count). The van der Waals surface area contributed by atoms with E-state index in [0.29, 0.717) is 11.7 Å². The van der Waals surface area contributed by atoms with E-state index in [0.717, 1.165) is 10.2 Å². The fraction of sp³-hybridized carbons (Fsp3) is 0.429. The molecule has 0 saturated carbocycles. The van der Waals surface area contributed by atoms with E-state index in [4.69, 9.17) is 0 Å². The van der Waals surface area contributed by atoms with Crippen LogP contribution in [0.1, 0.15) is 13.3 Å². The largest absolute Gasteiger partial charge is 0.338 e. The van der Waals surface area contributed by atoms with Crippen molar-refractivity contribution in [1.82, 2.24) is 10.3 Å². The van der Waals surface area contributed by atoms with Crippen molar-refractivity contribution in [2.75, 3.05) is 11.9 Å². The lowest BCUT2D eigenvalue weighted by Gasteiger charge is -2.02. The summed E-state index contributed by atoms with van der Waals surface area (Å²) in [5.74, 6) is 0. The molecule has 1 aromatic heterocycles. The number of amides is 2. The van der Waals surface area contributed by atoms with E-state index in [9.17, 15) is 4.79 Å². The minimum absolute atomic E-state index is 0.205. The van der Waals surface area contributed by atoms with Crippen molar-refractivity contribution in [1.29, 1.82) is 0 Å². The van der Waals surface area contributed by atoms with Gasteiger partial charge in [-0.15, -0.1) is 0 Å². The molecule has 4 nitrogen and oxygen atoms in total. The van der Waals surface area contributed by atoms with Gasteiger partial charge in [0.2, 0.25) is 0 Å². The molecule has 1 aromatic rings. The van der Waals surface area contributed by atoms with Crippen LogP contribution in [-0.4, -0.2) is 17.6 Å². The van der Waals surface area contributed by atoms with Crippen LogP contribution < -0.4 is 10.6 Å². The first-order valence-corrected chi connectivity index (χ1v) is 5.49. The van der Waals surface area contributed by atoms with Gasteiger partial charge in [-0.2, -0.15) is 0 Å². The topological polar surface area (TPSA) is 54.0 Å². The van der Waals surface area contributed by atoms with Gasteiger partial charge < -0.3 is 5.32 Å². The second-order valence-electron chi connectivity index (χ2n) is 2.35. The van der Waals surface area contributed by atoms with Gasteiger partial charge in [0.1, 0.15) is 0 Å². The molecule has 0 radical (unpaired) electrons. The summed E-state index contributed by atoms with van der Waals surface area (Å²) in [5, 5.41) is 5.91. The molecule has 72 valence electrons. The van der Waals surface area contributed by atoms with Crippen LogP contribution in [0.5, 0.6) is 0 Å². The molecule has 0 aliphatic rings. The van der Waals surface area contributed by atoms with Gasteiger partial charge in [0.05, 0.1) is 9.98 Å². The quantitative estimate of drug-likeness (QED) is 0.880. The van der Waals surface area contributed by atoms with Crippen LogP contribution in [0.2, 0.25) is 0 Å². The van der Waals surface area contributed by atoms with E-state index >= 15 is 0 Å². The minimum Gasteiger partial charge on any atom is -0.338 e. The van der Waals surface area contributed by atoms with Gasteiger partial charge in [-0.25, -0.2) is 9.78 Å². The van der Waals surface area contributed by atoms with Crippen molar-refractivity contribution in [3.63, 3.8) is 0 Å². The number of nitrogens with zero attached hydrogens (tertiary/aromatic N) is 1. The maximum atomic E-state index is 11.1. The van der Waals surface area contributed by atoms with Crippen molar-refractivity contribution >= 4 is 38.4 Å². The first kappa shape index (κ1) is 10.5. The first-order chi connectivity index (χ1) is 6.22. The van der Waals surface area contributed by atoms with Gasteiger partial charge in [-0.05, 0) is 22.4 Å². The third-order valence-corrected chi connectivity index (χ3v) is 2.63. The number of halogens is 1. The molecule has 0 aromatic carbocycles. The highest BCUT2D eigenvalue weighted by molar-refractivity contribution is 9.11. The third-order valence-electron chi connectivity index (χ3n) is 1.23. The summed E-state index contributed by atoms with van der Waals surface area (Å²) in [6.45, 7) is 2.68. The zero-order chi connectivity index (χ0) is 9.68. The number of carbonyl (C=O) groups is 1. The summed E-state index contributed by atoms with van der Waals surface area (Å²) in [6, 6.07) is -0.205. The molecule has 2 amide bonds. The number of nitrogens with one attached hydrogen (secondary N) is 2. The maximum absolute atomic E-state index is 11.1. The molecule has 0 fully saturated rings. The van der Waals surface area contributed by atoms with Gasteiger partial charge in [0.15, 0.2) is 5.13 Å². The zero-order valence-corrected chi connectivity index (χ0v) is 9.54. The van der Waals surface area contributed by atoms with Crippen molar-refractivity contribution in [2.45, 2.75) is 13.3 Å². The summed E-state index contributed by atoms with van der Waals surface area (Å²) in [4.78, 5) is 15.1. The van der Waals surface area contributed by atoms with Crippen LogP contribution in [0, 0.1) is 0 Å². The molecule has 0 saturated heterocycles. The number of hydrogen-bond donors (Lipinski definition) is 2. The van der Waals surface area contributed by atoms with Crippen molar-refractivity contribution in [3.05, 3.63) is 9.98 Å². The lowest BCUT2D eigenvalue weighted by Crippen LogP contribution is -2.29. The van der Waals surface area contributed by atoms with Crippen LogP contribution in [0.3, 0.4) is 0 Å². The molecule has 0 aliphatic carbocycles. The highest BCUT2D eigenvalue weighted by Crippen LogP contribution is 2.22. The summed E-state index contributed by atoms with van der Waals surface area (Å²) < 4.78 is 0.901. The second-order valence-corrected chi connectivity index (χ2v) is 4.76. The summed E-state index contributed by atoms with van der Waals surface area (Å²) in [5.41, 5.74) is 0. The minimum atomic E-state index is -0.205. The number of hydrogen-bond acceptors (Lipinski definition) is 3. The lowest BCUT2D eigenvalue weighted by atomic mass is 10.5. The van der Waals surface area contributed by atoms with E-state index < -0.39 is 0 Å². The predicted octanol–water partition coefficient (Wildman–Crippen LogP) is 2.44. The number of thiazole rings is 1. The summed E-state index contributed by atoms with van der Waals surface area (Å²) in [7, 11) is 0. The average molecular weight is 264 g/mol. The van der Waals surface area contributed by atoms with E-state index in [2.05, 4.69) is 31.5 Å². The zero-order valence-electron chi connectivity index (χ0n) is 7.13. The third kappa shape index (κ3) is 3.73. The Bertz CT molecular complexity index is 289. The molecule has 13 heavy (non-hydrogen) atoms. The lowest BCUT2D eigenvalue weighted by molar-refractivity contribution is 0.252. The van der Waals surface area contributed by atoms with Crippen LogP contribution >= 0.6 is 27.3 Å². The molecule has 0 atom stereocenters. The molecule has 0 unspecified atom stereocenters. The highest BCUT2D eigenvalue weighted by atomic mass is 79.9.